The average Bonchev–Trinajstić information content (AvgIpc) is 2.50. The van der Waals surface area contributed by atoms with Gasteiger partial charge in [-0.2, -0.15) is 0 Å². The first-order valence-corrected chi connectivity index (χ1v) is 7.68. The Labute approximate surface area is 135 Å². The van der Waals surface area contributed by atoms with E-state index < -0.39 is 11.9 Å². The third-order valence-electron chi connectivity index (χ3n) is 3.22. The summed E-state index contributed by atoms with van der Waals surface area (Å²) < 4.78 is 5.27. The van der Waals surface area contributed by atoms with Gasteiger partial charge in [0.05, 0.1) is 5.92 Å². The summed E-state index contributed by atoms with van der Waals surface area (Å²) in [5, 5.41) is 9.60. The normalized spacial score (nSPS) is 12.0. The van der Waals surface area contributed by atoms with E-state index in [9.17, 15) is 9.59 Å². The monoisotopic (exact) mass is 327 g/mol. The highest BCUT2D eigenvalue weighted by atomic mass is 35.5. The number of carboxylic acids is 1. The Morgan fingerprint density at radius 2 is 1.95 bits per heavy atom. The van der Waals surface area contributed by atoms with Gasteiger partial charge in [-0.3, -0.25) is 9.59 Å². The molecule has 0 aromatic heterocycles. The van der Waals surface area contributed by atoms with E-state index in [2.05, 4.69) is 0 Å². The SMILES string of the molecule is CCOCCCN(CC(C)C(=O)O)C(=O)c1ccc(Cl)cc1. The molecular weight excluding hydrogens is 306 g/mol. The number of carbonyl (C=O) groups is 2. The van der Waals surface area contributed by atoms with Crippen LogP contribution in [-0.2, 0) is 9.53 Å². The zero-order chi connectivity index (χ0) is 16.5. The zero-order valence-electron chi connectivity index (χ0n) is 12.9. The summed E-state index contributed by atoms with van der Waals surface area (Å²) in [7, 11) is 0. The maximum absolute atomic E-state index is 12.5. The smallest absolute Gasteiger partial charge is 0.308 e. The van der Waals surface area contributed by atoms with Gasteiger partial charge in [-0.1, -0.05) is 18.5 Å². The van der Waals surface area contributed by atoms with Gasteiger partial charge in [0.1, 0.15) is 0 Å². The molecule has 0 bridgehead atoms. The number of carboxylic acid groups (broad SMARTS) is 1. The zero-order valence-corrected chi connectivity index (χ0v) is 13.7. The Balaban J connectivity index is 2.75. The van der Waals surface area contributed by atoms with Crippen LogP contribution in [0, 0.1) is 5.92 Å². The van der Waals surface area contributed by atoms with Gasteiger partial charge in [0.15, 0.2) is 0 Å². The van der Waals surface area contributed by atoms with E-state index in [0.29, 0.717) is 36.8 Å². The van der Waals surface area contributed by atoms with E-state index in [1.807, 2.05) is 6.92 Å². The molecule has 1 unspecified atom stereocenters. The molecule has 5 nitrogen and oxygen atoms in total. The second kappa shape index (κ2) is 9.43. The van der Waals surface area contributed by atoms with Crippen LogP contribution in [-0.4, -0.2) is 48.2 Å². The topological polar surface area (TPSA) is 66.8 Å². The highest BCUT2D eigenvalue weighted by molar-refractivity contribution is 6.30. The fourth-order valence-electron chi connectivity index (χ4n) is 1.96. The van der Waals surface area contributed by atoms with Crippen molar-refractivity contribution in [2.75, 3.05) is 26.3 Å². The maximum atomic E-state index is 12.5. The van der Waals surface area contributed by atoms with Crippen LogP contribution in [0.15, 0.2) is 24.3 Å². The number of aliphatic carboxylic acids is 1. The lowest BCUT2D eigenvalue weighted by Gasteiger charge is -2.24. The second-order valence-electron chi connectivity index (χ2n) is 5.05. The van der Waals surface area contributed by atoms with Crippen LogP contribution in [0.1, 0.15) is 30.6 Å². The number of hydrogen-bond donors (Lipinski definition) is 1. The van der Waals surface area contributed by atoms with Crippen molar-refractivity contribution < 1.29 is 19.4 Å². The van der Waals surface area contributed by atoms with Crippen molar-refractivity contribution >= 4 is 23.5 Å². The van der Waals surface area contributed by atoms with Gasteiger partial charge in [-0.15, -0.1) is 0 Å². The Kier molecular flexibility index (Phi) is 7.91. The first-order chi connectivity index (χ1) is 10.5. The quantitative estimate of drug-likeness (QED) is 0.708. The number of benzene rings is 1. The predicted molar refractivity (Wildman–Crippen MR) is 85.3 cm³/mol. The highest BCUT2D eigenvalue weighted by Gasteiger charge is 2.21. The fourth-order valence-corrected chi connectivity index (χ4v) is 2.09. The van der Waals surface area contributed by atoms with Crippen LogP contribution in [0.25, 0.3) is 0 Å². The molecular formula is C16H22ClNO4. The molecule has 0 fully saturated rings. The minimum absolute atomic E-state index is 0.170. The van der Waals surface area contributed by atoms with Crippen LogP contribution in [0.5, 0.6) is 0 Å². The van der Waals surface area contributed by atoms with Crippen LogP contribution in [0.2, 0.25) is 5.02 Å². The Morgan fingerprint density at radius 1 is 1.32 bits per heavy atom. The van der Waals surface area contributed by atoms with E-state index in [-0.39, 0.29) is 12.5 Å². The fraction of sp³-hybridized carbons (Fsp3) is 0.500. The minimum atomic E-state index is -0.918. The third-order valence-corrected chi connectivity index (χ3v) is 3.47. The van der Waals surface area contributed by atoms with Gasteiger partial charge in [-0.25, -0.2) is 0 Å². The molecule has 122 valence electrons. The van der Waals surface area contributed by atoms with Crippen molar-refractivity contribution in [1.82, 2.24) is 4.90 Å². The van der Waals surface area contributed by atoms with Crippen LogP contribution >= 0.6 is 11.6 Å². The van der Waals surface area contributed by atoms with Gasteiger partial charge in [-0.05, 0) is 37.6 Å². The summed E-state index contributed by atoms with van der Waals surface area (Å²) in [5.74, 6) is -1.73. The van der Waals surface area contributed by atoms with Gasteiger partial charge < -0.3 is 14.7 Å². The molecule has 0 heterocycles. The molecule has 1 amide bonds. The lowest BCUT2D eigenvalue weighted by molar-refractivity contribution is -0.141. The van der Waals surface area contributed by atoms with Gasteiger partial charge in [0, 0.05) is 36.9 Å². The predicted octanol–water partition coefficient (Wildman–Crippen LogP) is 2.93. The molecule has 1 N–H and O–H groups in total. The summed E-state index contributed by atoms with van der Waals surface area (Å²) in [6.45, 7) is 5.29. The first-order valence-electron chi connectivity index (χ1n) is 7.31. The maximum Gasteiger partial charge on any atom is 0.308 e. The molecule has 0 aliphatic carbocycles. The van der Waals surface area contributed by atoms with Crippen molar-refractivity contribution in [3.8, 4) is 0 Å². The first kappa shape index (κ1) is 18.5. The summed E-state index contributed by atoms with van der Waals surface area (Å²) in [4.78, 5) is 25.1. The van der Waals surface area contributed by atoms with Crippen molar-refractivity contribution in [3.05, 3.63) is 34.9 Å². The van der Waals surface area contributed by atoms with Gasteiger partial charge >= 0.3 is 5.97 Å². The van der Waals surface area contributed by atoms with Crippen molar-refractivity contribution in [1.29, 1.82) is 0 Å². The molecule has 0 saturated heterocycles. The van der Waals surface area contributed by atoms with Gasteiger partial charge in [0.25, 0.3) is 5.91 Å². The molecule has 1 aromatic rings. The molecule has 0 radical (unpaired) electrons. The van der Waals surface area contributed by atoms with Crippen molar-refractivity contribution in [2.24, 2.45) is 5.92 Å². The highest BCUT2D eigenvalue weighted by Crippen LogP contribution is 2.13. The van der Waals surface area contributed by atoms with Crippen molar-refractivity contribution in [2.45, 2.75) is 20.3 Å². The lowest BCUT2D eigenvalue weighted by atomic mass is 10.1. The molecule has 22 heavy (non-hydrogen) atoms. The molecule has 0 aliphatic rings. The second-order valence-corrected chi connectivity index (χ2v) is 5.48. The number of ether oxygens (including phenoxy) is 1. The summed E-state index contributed by atoms with van der Waals surface area (Å²) in [6.07, 6.45) is 0.666. The standard InChI is InChI=1S/C16H22ClNO4/c1-3-22-10-4-9-18(11-12(2)16(20)21)15(19)13-5-7-14(17)8-6-13/h5-8,12H,3-4,9-11H2,1-2H3,(H,20,21). The van der Waals surface area contributed by atoms with Crippen molar-refractivity contribution in [3.63, 3.8) is 0 Å². The third kappa shape index (κ3) is 6.03. The van der Waals surface area contributed by atoms with Crippen LogP contribution < -0.4 is 0 Å². The van der Waals surface area contributed by atoms with Crippen LogP contribution in [0.3, 0.4) is 0 Å². The number of carbonyl (C=O) groups excluding carboxylic acids is 1. The number of amides is 1. The number of rotatable bonds is 9. The van der Waals surface area contributed by atoms with E-state index in [1.54, 1.807) is 36.1 Å². The van der Waals surface area contributed by atoms with E-state index in [0.717, 1.165) is 0 Å². The number of nitrogens with zero attached hydrogens (tertiary/aromatic N) is 1. The molecule has 6 heteroatoms. The molecule has 1 rings (SSSR count). The van der Waals surface area contributed by atoms with Crippen LogP contribution in [0.4, 0.5) is 0 Å². The van der Waals surface area contributed by atoms with Gasteiger partial charge in [0.2, 0.25) is 0 Å². The van der Waals surface area contributed by atoms with E-state index in [1.165, 1.54) is 0 Å². The molecule has 0 spiro atoms. The lowest BCUT2D eigenvalue weighted by Crippen LogP contribution is -2.38. The molecule has 1 aromatic carbocycles. The Hall–Kier alpha value is -1.59. The number of halogens is 1. The summed E-state index contributed by atoms with van der Waals surface area (Å²) >= 11 is 5.82. The van der Waals surface area contributed by atoms with E-state index in [4.69, 9.17) is 21.4 Å². The Morgan fingerprint density at radius 3 is 2.50 bits per heavy atom. The summed E-state index contributed by atoms with van der Waals surface area (Å²) in [5.41, 5.74) is 0.499. The largest absolute Gasteiger partial charge is 0.481 e. The number of hydrogen-bond acceptors (Lipinski definition) is 3. The molecule has 0 saturated carbocycles. The summed E-state index contributed by atoms with van der Waals surface area (Å²) in [6, 6.07) is 6.58. The van der Waals surface area contributed by atoms with E-state index >= 15 is 0 Å². The molecule has 0 aliphatic heterocycles. The minimum Gasteiger partial charge on any atom is -0.481 e. The molecule has 1 atom stereocenters. The Bertz CT molecular complexity index is 489. The average molecular weight is 328 g/mol.